The molecule has 0 unspecified atom stereocenters. The van der Waals surface area contributed by atoms with E-state index < -0.39 is 11.3 Å². The van der Waals surface area contributed by atoms with Gasteiger partial charge < -0.3 is 9.84 Å². The fourth-order valence-electron chi connectivity index (χ4n) is 6.49. The molecule has 3 nitrogen and oxygen atoms in total. The molecule has 3 aliphatic rings. The highest BCUT2D eigenvalue weighted by Crippen LogP contribution is 2.68. The molecule has 0 amide bonds. The van der Waals surface area contributed by atoms with Crippen LogP contribution in [0.15, 0.2) is 18.2 Å². The number of esters is 1. The minimum atomic E-state index is -2.68. The molecular formula is C22H28F2O3. The fourth-order valence-corrected chi connectivity index (χ4v) is 6.49. The van der Waals surface area contributed by atoms with Crippen LogP contribution in [0.2, 0.25) is 0 Å². The van der Waals surface area contributed by atoms with Gasteiger partial charge in [0.05, 0.1) is 7.11 Å². The van der Waals surface area contributed by atoms with E-state index in [1.54, 1.807) is 13.0 Å². The smallest absolute Gasteiger partial charge is 0.305 e. The number of phenols is 1. The maximum absolute atomic E-state index is 15.1. The summed E-state index contributed by atoms with van der Waals surface area (Å²) < 4.78 is 34.9. The number of carbonyl (C=O) groups is 1. The fraction of sp³-hybridized carbons (Fsp3) is 0.682. The first-order chi connectivity index (χ1) is 12.8. The Bertz CT molecular complexity index is 747. The molecule has 0 bridgehead atoms. The maximum Gasteiger partial charge on any atom is 0.305 e. The molecule has 3 aliphatic carbocycles. The van der Waals surface area contributed by atoms with E-state index in [1.165, 1.54) is 12.7 Å². The summed E-state index contributed by atoms with van der Waals surface area (Å²) in [6.07, 6.45) is 3.57. The Kier molecular flexibility index (Phi) is 4.47. The molecule has 1 N–H and O–H groups in total. The summed E-state index contributed by atoms with van der Waals surface area (Å²) in [7, 11) is 1.35. The number of carbonyl (C=O) groups excluding carboxylic acids is 1. The van der Waals surface area contributed by atoms with Gasteiger partial charge in [-0.25, -0.2) is 8.78 Å². The molecule has 4 rings (SSSR count). The third-order valence-corrected chi connectivity index (χ3v) is 7.77. The highest BCUT2D eigenvalue weighted by molar-refractivity contribution is 5.69. The van der Waals surface area contributed by atoms with Gasteiger partial charge in [-0.15, -0.1) is 0 Å². The van der Waals surface area contributed by atoms with Gasteiger partial charge in [0.25, 0.3) is 5.92 Å². The first kappa shape index (κ1) is 18.7. The molecule has 5 heteroatoms. The summed E-state index contributed by atoms with van der Waals surface area (Å²) >= 11 is 0. The van der Waals surface area contributed by atoms with Gasteiger partial charge in [0.2, 0.25) is 0 Å². The normalized spacial score (nSPS) is 36.4. The van der Waals surface area contributed by atoms with Crippen LogP contribution < -0.4 is 0 Å². The molecule has 2 saturated carbocycles. The molecule has 0 aliphatic heterocycles. The molecule has 2 fully saturated rings. The van der Waals surface area contributed by atoms with Crippen molar-refractivity contribution in [1.29, 1.82) is 0 Å². The van der Waals surface area contributed by atoms with Crippen molar-refractivity contribution in [2.45, 2.75) is 63.7 Å². The molecule has 0 saturated heterocycles. The van der Waals surface area contributed by atoms with E-state index in [0.717, 1.165) is 24.8 Å². The zero-order chi connectivity index (χ0) is 19.4. The van der Waals surface area contributed by atoms with Crippen molar-refractivity contribution in [2.24, 2.45) is 23.2 Å². The number of phenolic OH excluding ortho intramolecular Hbond substituents is 1. The number of aromatic hydroxyl groups is 1. The minimum absolute atomic E-state index is 0.0714. The lowest BCUT2D eigenvalue weighted by Gasteiger charge is -2.51. The van der Waals surface area contributed by atoms with Gasteiger partial charge in [-0.1, -0.05) is 13.0 Å². The Morgan fingerprint density at radius 3 is 2.85 bits per heavy atom. The van der Waals surface area contributed by atoms with Gasteiger partial charge in [0, 0.05) is 18.3 Å². The highest BCUT2D eigenvalue weighted by atomic mass is 19.3. The topological polar surface area (TPSA) is 46.5 Å². The van der Waals surface area contributed by atoms with Crippen LogP contribution in [0.3, 0.4) is 0 Å². The molecule has 0 aromatic heterocycles. The molecular weight excluding hydrogens is 350 g/mol. The van der Waals surface area contributed by atoms with Crippen LogP contribution >= 0.6 is 0 Å². The van der Waals surface area contributed by atoms with E-state index in [0.29, 0.717) is 12.8 Å². The van der Waals surface area contributed by atoms with Crippen molar-refractivity contribution in [2.75, 3.05) is 7.11 Å². The number of hydrogen-bond acceptors (Lipinski definition) is 3. The zero-order valence-electron chi connectivity index (χ0n) is 16.0. The second-order valence-corrected chi connectivity index (χ2v) is 8.96. The van der Waals surface area contributed by atoms with Crippen molar-refractivity contribution in [3.05, 3.63) is 29.3 Å². The minimum Gasteiger partial charge on any atom is -0.508 e. The summed E-state index contributed by atoms with van der Waals surface area (Å²) in [5.41, 5.74) is 1.41. The number of halogens is 2. The van der Waals surface area contributed by atoms with Crippen LogP contribution in [0.4, 0.5) is 8.78 Å². The lowest BCUT2D eigenvalue weighted by Crippen LogP contribution is -2.47. The number of rotatable bonds is 3. The summed E-state index contributed by atoms with van der Waals surface area (Å²) in [4.78, 5) is 11.6. The van der Waals surface area contributed by atoms with Crippen LogP contribution in [0.1, 0.15) is 62.5 Å². The predicted octanol–water partition coefficient (Wildman–Crippen LogP) is 5.06. The van der Waals surface area contributed by atoms with Crippen LogP contribution in [-0.2, 0) is 16.0 Å². The van der Waals surface area contributed by atoms with Crippen molar-refractivity contribution < 1.29 is 23.4 Å². The average Bonchev–Trinajstić information content (AvgIpc) is 2.84. The van der Waals surface area contributed by atoms with Gasteiger partial charge in [-0.05, 0) is 79.0 Å². The first-order valence-electron chi connectivity index (χ1n) is 10.0. The van der Waals surface area contributed by atoms with E-state index in [2.05, 4.69) is 0 Å². The SMILES string of the molecule is COC(=O)CC[C@@H]1CC(F)(F)[C@@]2(C)CC[C@@H]3c4ccc(O)cc4CC[C@H]3[C@H]12. The van der Waals surface area contributed by atoms with E-state index in [1.807, 2.05) is 12.1 Å². The Morgan fingerprint density at radius 1 is 1.33 bits per heavy atom. The van der Waals surface area contributed by atoms with Crippen molar-refractivity contribution in [3.8, 4) is 5.75 Å². The van der Waals surface area contributed by atoms with Crippen molar-refractivity contribution in [1.82, 2.24) is 0 Å². The highest BCUT2D eigenvalue weighted by Gasteiger charge is 2.67. The quantitative estimate of drug-likeness (QED) is 0.748. The van der Waals surface area contributed by atoms with Gasteiger partial charge in [-0.3, -0.25) is 4.79 Å². The van der Waals surface area contributed by atoms with Crippen molar-refractivity contribution >= 4 is 5.97 Å². The number of ether oxygens (including phenoxy) is 1. The predicted molar refractivity (Wildman–Crippen MR) is 97.8 cm³/mol. The molecule has 5 atom stereocenters. The van der Waals surface area contributed by atoms with Gasteiger partial charge in [-0.2, -0.15) is 0 Å². The Hall–Kier alpha value is -1.65. The molecule has 1 aromatic rings. The van der Waals surface area contributed by atoms with Crippen LogP contribution in [0.5, 0.6) is 5.75 Å². The zero-order valence-corrected chi connectivity index (χ0v) is 16.0. The van der Waals surface area contributed by atoms with Crippen LogP contribution in [-0.4, -0.2) is 24.1 Å². The van der Waals surface area contributed by atoms with Gasteiger partial charge in [0.15, 0.2) is 0 Å². The second kappa shape index (κ2) is 6.46. The maximum atomic E-state index is 15.1. The lowest BCUT2D eigenvalue weighted by molar-refractivity contribution is -0.141. The Labute approximate surface area is 159 Å². The van der Waals surface area contributed by atoms with E-state index in [4.69, 9.17) is 4.74 Å². The van der Waals surface area contributed by atoms with Gasteiger partial charge >= 0.3 is 5.97 Å². The summed E-state index contributed by atoms with van der Waals surface area (Å²) in [6, 6.07) is 5.53. The number of hydrogen-bond donors (Lipinski definition) is 1. The molecule has 27 heavy (non-hydrogen) atoms. The molecule has 0 spiro atoms. The standard InChI is InChI=1S/C22H28F2O3/c1-21-10-9-17-16-7-5-15(25)11-13(16)3-6-18(17)20(21)14(12-22(21,23)24)4-8-19(26)27-2/h5,7,11,14,17-18,20,25H,3-4,6,8-10,12H2,1-2H3/t14-,17-,18-,20+,21+/m1/s1. The summed E-state index contributed by atoms with van der Waals surface area (Å²) in [6.45, 7) is 1.78. The molecule has 0 heterocycles. The van der Waals surface area contributed by atoms with E-state index in [9.17, 15) is 9.90 Å². The third-order valence-electron chi connectivity index (χ3n) is 7.77. The number of alkyl halides is 2. The van der Waals surface area contributed by atoms with Crippen LogP contribution in [0.25, 0.3) is 0 Å². The molecule has 148 valence electrons. The van der Waals surface area contributed by atoms with Crippen molar-refractivity contribution in [3.63, 3.8) is 0 Å². The second-order valence-electron chi connectivity index (χ2n) is 8.96. The molecule has 1 aromatic carbocycles. The summed E-state index contributed by atoms with van der Waals surface area (Å²) in [5, 5.41) is 9.79. The molecule has 0 radical (unpaired) electrons. The monoisotopic (exact) mass is 378 g/mol. The number of fused-ring (bicyclic) bond motifs is 5. The van der Waals surface area contributed by atoms with E-state index >= 15 is 8.78 Å². The van der Waals surface area contributed by atoms with E-state index in [-0.39, 0.29) is 48.2 Å². The Balaban J connectivity index is 1.66. The third kappa shape index (κ3) is 2.85. The van der Waals surface area contributed by atoms with Crippen LogP contribution in [0, 0.1) is 23.2 Å². The Morgan fingerprint density at radius 2 is 2.11 bits per heavy atom. The number of methoxy groups -OCH3 is 1. The number of aryl methyl sites for hydroxylation is 1. The summed E-state index contributed by atoms with van der Waals surface area (Å²) in [5.74, 6) is -2.44. The van der Waals surface area contributed by atoms with Gasteiger partial charge in [0.1, 0.15) is 5.75 Å². The number of benzene rings is 1. The lowest BCUT2D eigenvalue weighted by atomic mass is 9.53. The first-order valence-corrected chi connectivity index (χ1v) is 10.0. The average molecular weight is 378 g/mol. The largest absolute Gasteiger partial charge is 0.508 e.